The van der Waals surface area contributed by atoms with Gasteiger partial charge in [-0.05, 0) is 49.4 Å². The van der Waals surface area contributed by atoms with Gasteiger partial charge < -0.3 is 10.1 Å². The molecule has 4 heteroatoms. The van der Waals surface area contributed by atoms with Crippen molar-refractivity contribution in [1.29, 1.82) is 0 Å². The molecule has 0 atom stereocenters. The van der Waals surface area contributed by atoms with E-state index in [4.69, 9.17) is 4.74 Å². The number of hydrogen-bond acceptors (Lipinski definition) is 3. The summed E-state index contributed by atoms with van der Waals surface area (Å²) in [6, 6.07) is 11.0. The highest BCUT2D eigenvalue weighted by Crippen LogP contribution is 2.40. The van der Waals surface area contributed by atoms with Crippen LogP contribution >= 0.6 is 0 Å². The largest absolute Gasteiger partial charge is 0.496 e. The molecule has 1 aromatic heterocycles. The zero-order valence-electron chi connectivity index (χ0n) is 12.5. The van der Waals surface area contributed by atoms with Crippen LogP contribution in [0.1, 0.15) is 30.7 Å². The first-order chi connectivity index (χ1) is 10.4. The molecule has 21 heavy (non-hydrogen) atoms. The van der Waals surface area contributed by atoms with E-state index < -0.39 is 0 Å². The van der Waals surface area contributed by atoms with Crippen molar-refractivity contribution >= 4 is 0 Å². The molecule has 1 heterocycles. The SMILES string of the molecule is COc1ccccc1C1CC(NCCCn2cccn2)C1. The highest BCUT2D eigenvalue weighted by atomic mass is 16.5. The van der Waals surface area contributed by atoms with E-state index in [1.807, 2.05) is 29.2 Å². The lowest BCUT2D eigenvalue weighted by Crippen LogP contribution is -2.40. The molecule has 1 saturated carbocycles. The molecular formula is C17H23N3O. The van der Waals surface area contributed by atoms with Gasteiger partial charge in [-0.2, -0.15) is 5.10 Å². The average molecular weight is 285 g/mol. The highest BCUT2D eigenvalue weighted by molar-refractivity contribution is 5.37. The second kappa shape index (κ2) is 6.76. The first-order valence-corrected chi connectivity index (χ1v) is 7.70. The highest BCUT2D eigenvalue weighted by Gasteiger charge is 2.31. The lowest BCUT2D eigenvalue weighted by atomic mass is 9.75. The number of methoxy groups -OCH3 is 1. The van der Waals surface area contributed by atoms with Crippen LogP contribution in [0.2, 0.25) is 0 Å². The Bertz CT molecular complexity index is 547. The number of para-hydroxylation sites is 1. The van der Waals surface area contributed by atoms with Gasteiger partial charge in [0.15, 0.2) is 0 Å². The van der Waals surface area contributed by atoms with Crippen molar-refractivity contribution < 1.29 is 4.74 Å². The van der Waals surface area contributed by atoms with Crippen LogP contribution in [-0.4, -0.2) is 29.5 Å². The number of aryl methyl sites for hydroxylation is 1. The van der Waals surface area contributed by atoms with Gasteiger partial charge >= 0.3 is 0 Å². The van der Waals surface area contributed by atoms with Crippen LogP contribution in [0.4, 0.5) is 0 Å². The predicted molar refractivity (Wildman–Crippen MR) is 83.6 cm³/mol. The maximum atomic E-state index is 5.45. The first-order valence-electron chi connectivity index (χ1n) is 7.70. The van der Waals surface area contributed by atoms with Gasteiger partial charge in [-0.25, -0.2) is 0 Å². The fraction of sp³-hybridized carbons (Fsp3) is 0.471. The van der Waals surface area contributed by atoms with E-state index in [-0.39, 0.29) is 0 Å². The van der Waals surface area contributed by atoms with Crippen LogP contribution in [0, 0.1) is 0 Å². The molecule has 0 bridgehead atoms. The molecule has 1 N–H and O–H groups in total. The Balaban J connectivity index is 1.38. The summed E-state index contributed by atoms with van der Waals surface area (Å²) in [4.78, 5) is 0. The summed E-state index contributed by atoms with van der Waals surface area (Å²) in [6.07, 6.45) is 7.39. The summed E-state index contributed by atoms with van der Waals surface area (Å²) < 4.78 is 7.43. The second-order valence-electron chi connectivity index (χ2n) is 5.68. The molecule has 3 rings (SSSR count). The van der Waals surface area contributed by atoms with Crippen LogP contribution in [0.5, 0.6) is 5.75 Å². The van der Waals surface area contributed by atoms with E-state index in [0.29, 0.717) is 12.0 Å². The third kappa shape index (κ3) is 3.45. The molecule has 0 radical (unpaired) electrons. The number of benzene rings is 1. The maximum absolute atomic E-state index is 5.45. The lowest BCUT2D eigenvalue weighted by molar-refractivity contribution is 0.281. The lowest BCUT2D eigenvalue weighted by Gasteiger charge is -2.37. The molecule has 112 valence electrons. The van der Waals surface area contributed by atoms with E-state index in [0.717, 1.165) is 25.3 Å². The molecule has 0 aliphatic heterocycles. The van der Waals surface area contributed by atoms with E-state index in [1.165, 1.54) is 18.4 Å². The maximum Gasteiger partial charge on any atom is 0.122 e. The first kappa shape index (κ1) is 14.1. The van der Waals surface area contributed by atoms with Gasteiger partial charge in [0.2, 0.25) is 0 Å². The molecule has 1 fully saturated rings. The van der Waals surface area contributed by atoms with Gasteiger partial charge in [-0.15, -0.1) is 0 Å². The number of aromatic nitrogens is 2. The summed E-state index contributed by atoms with van der Waals surface area (Å²) in [7, 11) is 1.75. The van der Waals surface area contributed by atoms with Crippen LogP contribution < -0.4 is 10.1 Å². The Morgan fingerprint density at radius 1 is 1.29 bits per heavy atom. The monoisotopic (exact) mass is 285 g/mol. The number of ether oxygens (including phenoxy) is 1. The van der Waals surface area contributed by atoms with Crippen LogP contribution in [-0.2, 0) is 6.54 Å². The molecule has 0 unspecified atom stereocenters. The van der Waals surface area contributed by atoms with Crippen LogP contribution in [0.25, 0.3) is 0 Å². The van der Waals surface area contributed by atoms with Gasteiger partial charge in [0.25, 0.3) is 0 Å². The Morgan fingerprint density at radius 2 is 2.14 bits per heavy atom. The number of rotatable bonds is 7. The topological polar surface area (TPSA) is 39.1 Å². The number of nitrogens with zero attached hydrogens (tertiary/aromatic N) is 2. The van der Waals surface area contributed by atoms with E-state index in [1.54, 1.807) is 7.11 Å². The molecule has 4 nitrogen and oxygen atoms in total. The van der Waals surface area contributed by atoms with E-state index >= 15 is 0 Å². The van der Waals surface area contributed by atoms with Gasteiger partial charge in [-0.3, -0.25) is 4.68 Å². The average Bonchev–Trinajstić information content (AvgIpc) is 2.98. The molecule has 0 spiro atoms. The Hall–Kier alpha value is -1.81. The van der Waals surface area contributed by atoms with Crippen LogP contribution in [0.3, 0.4) is 0 Å². The van der Waals surface area contributed by atoms with Crippen molar-refractivity contribution in [3.8, 4) is 5.75 Å². The van der Waals surface area contributed by atoms with E-state index in [9.17, 15) is 0 Å². The van der Waals surface area contributed by atoms with Crippen molar-refractivity contribution in [3.63, 3.8) is 0 Å². The Morgan fingerprint density at radius 3 is 2.90 bits per heavy atom. The zero-order valence-corrected chi connectivity index (χ0v) is 12.5. The van der Waals surface area contributed by atoms with E-state index in [2.05, 4.69) is 28.6 Å². The van der Waals surface area contributed by atoms with Gasteiger partial charge in [0, 0.05) is 25.0 Å². The molecule has 0 amide bonds. The quantitative estimate of drug-likeness (QED) is 0.795. The van der Waals surface area contributed by atoms with Crippen LogP contribution in [0.15, 0.2) is 42.7 Å². The third-order valence-corrected chi connectivity index (χ3v) is 4.27. The van der Waals surface area contributed by atoms with Gasteiger partial charge in [0.05, 0.1) is 7.11 Å². The molecule has 1 aromatic carbocycles. The second-order valence-corrected chi connectivity index (χ2v) is 5.68. The van der Waals surface area contributed by atoms with Crippen molar-refractivity contribution in [3.05, 3.63) is 48.3 Å². The summed E-state index contributed by atoms with van der Waals surface area (Å²) in [5, 5.41) is 7.85. The third-order valence-electron chi connectivity index (χ3n) is 4.27. The number of nitrogens with one attached hydrogen (secondary N) is 1. The number of hydrogen-bond donors (Lipinski definition) is 1. The van der Waals surface area contributed by atoms with Gasteiger partial charge in [0.1, 0.15) is 5.75 Å². The summed E-state index contributed by atoms with van der Waals surface area (Å²) in [5.41, 5.74) is 1.36. The minimum Gasteiger partial charge on any atom is -0.496 e. The summed E-state index contributed by atoms with van der Waals surface area (Å²) >= 11 is 0. The van der Waals surface area contributed by atoms with Crippen molar-refractivity contribution in [2.45, 2.75) is 37.8 Å². The summed E-state index contributed by atoms with van der Waals surface area (Å²) in [5.74, 6) is 1.67. The van der Waals surface area contributed by atoms with Crippen molar-refractivity contribution in [2.24, 2.45) is 0 Å². The normalized spacial score (nSPS) is 21.0. The fourth-order valence-electron chi connectivity index (χ4n) is 3.02. The Kier molecular flexibility index (Phi) is 4.55. The standard InChI is InChI=1S/C17H23N3O/c1-21-17-7-3-2-6-16(17)14-12-15(13-14)18-8-4-10-20-11-5-9-19-20/h2-3,5-7,9,11,14-15,18H,4,8,10,12-13H2,1H3. The molecule has 0 saturated heterocycles. The predicted octanol–water partition coefficient (Wildman–Crippen LogP) is 2.82. The molecule has 2 aromatic rings. The Labute approximate surface area is 126 Å². The minimum atomic E-state index is 0.643. The molecular weight excluding hydrogens is 262 g/mol. The van der Waals surface area contributed by atoms with Crippen molar-refractivity contribution in [1.82, 2.24) is 15.1 Å². The summed E-state index contributed by atoms with van der Waals surface area (Å²) in [6.45, 7) is 2.05. The zero-order chi connectivity index (χ0) is 14.5. The fourth-order valence-corrected chi connectivity index (χ4v) is 3.02. The van der Waals surface area contributed by atoms with Crippen molar-refractivity contribution in [2.75, 3.05) is 13.7 Å². The minimum absolute atomic E-state index is 0.643. The smallest absolute Gasteiger partial charge is 0.122 e. The molecule has 1 aliphatic carbocycles. The van der Waals surface area contributed by atoms with Gasteiger partial charge in [-0.1, -0.05) is 18.2 Å². The molecule has 1 aliphatic rings.